The Morgan fingerprint density at radius 3 is 2.36 bits per heavy atom. The molecule has 1 saturated heterocycles. The van der Waals surface area contributed by atoms with Crippen molar-refractivity contribution in [1.29, 1.82) is 0 Å². The van der Waals surface area contributed by atoms with Crippen LogP contribution in [0.4, 0.5) is 0 Å². The molecule has 0 spiro atoms. The first-order chi connectivity index (χ1) is 11.5. The first-order valence-corrected chi connectivity index (χ1v) is 9.19. The molecule has 0 saturated carbocycles. The molecular formula is C20H33ClN2O2. The number of nitrogens with two attached hydrogens (primary N) is 1. The van der Waals surface area contributed by atoms with Crippen LogP contribution in [0.1, 0.15) is 50.7 Å². The zero-order valence-electron chi connectivity index (χ0n) is 16.0. The quantitative estimate of drug-likeness (QED) is 0.829. The Labute approximate surface area is 158 Å². The van der Waals surface area contributed by atoms with Crippen LogP contribution < -0.4 is 10.5 Å². The van der Waals surface area contributed by atoms with E-state index in [4.69, 9.17) is 10.5 Å². The van der Waals surface area contributed by atoms with Gasteiger partial charge in [-0.3, -0.25) is 4.79 Å². The van der Waals surface area contributed by atoms with Gasteiger partial charge in [-0.25, -0.2) is 0 Å². The number of ether oxygens (including phenoxy) is 1. The van der Waals surface area contributed by atoms with E-state index in [1.807, 2.05) is 4.90 Å². The van der Waals surface area contributed by atoms with Crippen LogP contribution in [0, 0.1) is 19.3 Å². The molecule has 1 aromatic carbocycles. The Bertz CT molecular complexity index is 557. The van der Waals surface area contributed by atoms with Crippen LogP contribution in [-0.4, -0.2) is 36.5 Å². The topological polar surface area (TPSA) is 55.6 Å². The van der Waals surface area contributed by atoms with Crippen LogP contribution in [0.15, 0.2) is 18.2 Å². The summed E-state index contributed by atoms with van der Waals surface area (Å²) in [5.41, 5.74) is 7.91. The molecule has 0 radical (unpaired) electrons. The molecule has 142 valence electrons. The number of carbonyl (C=O) groups is 1. The van der Waals surface area contributed by atoms with E-state index >= 15 is 0 Å². The first-order valence-electron chi connectivity index (χ1n) is 9.19. The minimum atomic E-state index is -0.388. The Kier molecular flexibility index (Phi) is 8.23. The zero-order chi connectivity index (χ0) is 17.7. The number of likely N-dealkylation sites (tertiary alicyclic amines) is 1. The molecule has 1 heterocycles. The number of aryl methyl sites for hydroxylation is 2. The van der Waals surface area contributed by atoms with Crippen molar-refractivity contribution in [3.05, 3.63) is 29.3 Å². The van der Waals surface area contributed by atoms with Gasteiger partial charge >= 0.3 is 0 Å². The largest absolute Gasteiger partial charge is 0.490 e. The van der Waals surface area contributed by atoms with E-state index in [1.54, 1.807) is 0 Å². The third-order valence-electron chi connectivity index (χ3n) is 5.56. The van der Waals surface area contributed by atoms with Crippen molar-refractivity contribution in [2.24, 2.45) is 11.1 Å². The summed E-state index contributed by atoms with van der Waals surface area (Å²) in [7, 11) is 0. The number of hydrogen-bond donors (Lipinski definition) is 1. The highest BCUT2D eigenvalue weighted by Gasteiger charge is 2.38. The van der Waals surface area contributed by atoms with Gasteiger partial charge in [0.05, 0.1) is 5.41 Å². The second-order valence-electron chi connectivity index (χ2n) is 7.07. The number of hydrogen-bond acceptors (Lipinski definition) is 3. The summed E-state index contributed by atoms with van der Waals surface area (Å²) in [6.45, 7) is 10.2. The summed E-state index contributed by atoms with van der Waals surface area (Å²) in [4.78, 5) is 14.9. The van der Waals surface area contributed by atoms with Gasteiger partial charge in [0, 0.05) is 32.5 Å². The molecule has 1 aliphatic heterocycles. The van der Waals surface area contributed by atoms with Crippen molar-refractivity contribution in [2.75, 3.05) is 19.6 Å². The molecule has 2 N–H and O–H groups in total. The molecule has 0 bridgehead atoms. The highest BCUT2D eigenvalue weighted by molar-refractivity contribution is 5.85. The van der Waals surface area contributed by atoms with E-state index in [2.05, 4.69) is 45.9 Å². The molecule has 0 unspecified atom stereocenters. The molecule has 0 aliphatic carbocycles. The summed E-state index contributed by atoms with van der Waals surface area (Å²) in [5.74, 6) is 1.19. The van der Waals surface area contributed by atoms with Gasteiger partial charge in [-0.15, -0.1) is 12.4 Å². The highest BCUT2D eigenvalue weighted by Crippen LogP contribution is 2.30. The normalized spacial score (nSPS) is 15.6. The van der Waals surface area contributed by atoms with Crippen molar-refractivity contribution in [1.82, 2.24) is 4.90 Å². The van der Waals surface area contributed by atoms with E-state index in [1.165, 1.54) is 11.1 Å². The molecule has 4 nitrogen and oxygen atoms in total. The lowest BCUT2D eigenvalue weighted by Gasteiger charge is -2.39. The highest BCUT2D eigenvalue weighted by atomic mass is 35.5. The van der Waals surface area contributed by atoms with E-state index in [-0.39, 0.29) is 29.8 Å². The van der Waals surface area contributed by atoms with Gasteiger partial charge in [0.1, 0.15) is 11.9 Å². The van der Waals surface area contributed by atoms with Crippen LogP contribution in [0.2, 0.25) is 0 Å². The van der Waals surface area contributed by atoms with Gasteiger partial charge < -0.3 is 15.4 Å². The number of benzene rings is 1. The van der Waals surface area contributed by atoms with Crippen molar-refractivity contribution < 1.29 is 9.53 Å². The summed E-state index contributed by atoms with van der Waals surface area (Å²) >= 11 is 0. The second-order valence-corrected chi connectivity index (χ2v) is 7.07. The van der Waals surface area contributed by atoms with Crippen molar-refractivity contribution >= 4 is 18.3 Å². The van der Waals surface area contributed by atoms with Gasteiger partial charge in [-0.05, 0) is 43.9 Å². The maximum Gasteiger partial charge on any atom is 0.230 e. The van der Waals surface area contributed by atoms with Crippen LogP contribution in [-0.2, 0) is 4.79 Å². The van der Waals surface area contributed by atoms with Crippen LogP contribution in [0.25, 0.3) is 0 Å². The van der Waals surface area contributed by atoms with Gasteiger partial charge in [-0.2, -0.15) is 0 Å². The number of nitrogens with zero attached hydrogens (tertiary/aromatic N) is 1. The second kappa shape index (κ2) is 9.44. The number of halogens is 1. The Hall–Kier alpha value is -1.26. The summed E-state index contributed by atoms with van der Waals surface area (Å²) in [6, 6.07) is 6.30. The number of piperidine rings is 1. The minimum Gasteiger partial charge on any atom is -0.490 e. The van der Waals surface area contributed by atoms with Gasteiger partial charge in [0.15, 0.2) is 0 Å². The molecule has 1 aromatic rings. The third kappa shape index (κ3) is 4.89. The molecule has 0 aromatic heterocycles. The van der Waals surface area contributed by atoms with E-state index in [0.717, 1.165) is 44.5 Å². The predicted molar refractivity (Wildman–Crippen MR) is 105 cm³/mol. The van der Waals surface area contributed by atoms with Crippen LogP contribution in [0.5, 0.6) is 5.75 Å². The average molecular weight is 369 g/mol. The van der Waals surface area contributed by atoms with Gasteiger partial charge in [0.2, 0.25) is 5.91 Å². The molecule has 25 heavy (non-hydrogen) atoms. The Balaban J connectivity index is 0.00000312. The number of carbonyl (C=O) groups excluding carboxylic acids is 1. The van der Waals surface area contributed by atoms with E-state index < -0.39 is 0 Å². The summed E-state index contributed by atoms with van der Waals surface area (Å²) < 4.78 is 6.20. The van der Waals surface area contributed by atoms with E-state index in [9.17, 15) is 4.79 Å². The lowest BCUT2D eigenvalue weighted by atomic mass is 9.80. The number of amides is 1. The zero-order valence-corrected chi connectivity index (χ0v) is 16.8. The fourth-order valence-corrected chi connectivity index (χ4v) is 3.45. The summed E-state index contributed by atoms with van der Waals surface area (Å²) in [5, 5.41) is 0. The Morgan fingerprint density at radius 2 is 1.84 bits per heavy atom. The maximum atomic E-state index is 12.9. The van der Waals surface area contributed by atoms with Crippen LogP contribution in [0.3, 0.4) is 0 Å². The standard InChI is InChI=1S/C20H32N2O2.ClH/c1-5-20(6-2,14-21)19(23)22-11-9-17(10-12-22)24-18-13-15(3)7-8-16(18)4;/h7-8,13,17H,5-6,9-12,14,21H2,1-4H3;1H. The predicted octanol–water partition coefficient (Wildman–Crippen LogP) is 3.86. The molecule has 1 amide bonds. The molecule has 2 rings (SSSR count). The SMILES string of the molecule is CCC(CC)(CN)C(=O)N1CCC(Oc2cc(C)ccc2C)CC1.Cl. The lowest BCUT2D eigenvalue weighted by Crippen LogP contribution is -2.51. The molecular weight excluding hydrogens is 336 g/mol. The van der Waals surface area contributed by atoms with Crippen LogP contribution >= 0.6 is 12.4 Å². The lowest BCUT2D eigenvalue weighted by molar-refractivity contribution is -0.144. The van der Waals surface area contributed by atoms with Crippen molar-refractivity contribution in [3.8, 4) is 5.75 Å². The minimum absolute atomic E-state index is 0. The average Bonchev–Trinajstić information content (AvgIpc) is 2.61. The van der Waals surface area contributed by atoms with Crippen molar-refractivity contribution in [3.63, 3.8) is 0 Å². The Morgan fingerprint density at radius 1 is 1.24 bits per heavy atom. The molecule has 0 atom stereocenters. The first kappa shape index (κ1) is 21.8. The van der Waals surface area contributed by atoms with Gasteiger partial charge in [-0.1, -0.05) is 26.0 Å². The molecule has 1 aliphatic rings. The third-order valence-corrected chi connectivity index (χ3v) is 5.56. The summed E-state index contributed by atoms with van der Waals surface area (Å²) in [6.07, 6.45) is 3.56. The fraction of sp³-hybridized carbons (Fsp3) is 0.650. The monoisotopic (exact) mass is 368 g/mol. The smallest absolute Gasteiger partial charge is 0.230 e. The molecule has 5 heteroatoms. The van der Waals surface area contributed by atoms with Crippen molar-refractivity contribution in [2.45, 2.75) is 59.5 Å². The molecule has 1 fully saturated rings. The maximum absolute atomic E-state index is 12.9. The number of rotatable bonds is 6. The van der Waals surface area contributed by atoms with E-state index in [0.29, 0.717) is 6.54 Å². The van der Waals surface area contributed by atoms with Gasteiger partial charge in [0.25, 0.3) is 0 Å². The fourth-order valence-electron chi connectivity index (χ4n) is 3.45.